The number of nitrogens with one attached hydrogen (secondary N) is 2. The van der Waals surface area contributed by atoms with Crippen LogP contribution in [0.5, 0.6) is 5.75 Å². The van der Waals surface area contributed by atoms with Gasteiger partial charge in [-0.05, 0) is 43.0 Å². The number of nitrogens with zero attached hydrogens (tertiary/aromatic N) is 1. The minimum absolute atomic E-state index is 0. The molecule has 0 saturated heterocycles. The van der Waals surface area contributed by atoms with Gasteiger partial charge in [0.2, 0.25) is 0 Å². The zero-order valence-electron chi connectivity index (χ0n) is 16.0. The summed E-state index contributed by atoms with van der Waals surface area (Å²) in [5, 5.41) is 16.9. The predicted molar refractivity (Wildman–Crippen MR) is 122 cm³/mol. The molecule has 2 rings (SSSR count). The highest BCUT2D eigenvalue weighted by Gasteiger charge is 2.08. The van der Waals surface area contributed by atoms with Crippen molar-refractivity contribution in [2.24, 2.45) is 4.99 Å². The van der Waals surface area contributed by atoms with Crippen LogP contribution in [0.3, 0.4) is 0 Å². The number of guanidine groups is 1. The maximum absolute atomic E-state index is 10.4. The van der Waals surface area contributed by atoms with Gasteiger partial charge in [-0.1, -0.05) is 42.5 Å². The van der Waals surface area contributed by atoms with E-state index in [1.807, 2.05) is 37.3 Å². The fraction of sp³-hybridized carbons (Fsp3) is 0.381. The van der Waals surface area contributed by atoms with E-state index in [4.69, 9.17) is 4.74 Å². The summed E-state index contributed by atoms with van der Waals surface area (Å²) in [7, 11) is 1.62. The Balaban J connectivity index is 0.00000364. The van der Waals surface area contributed by atoms with Crippen LogP contribution in [0.25, 0.3) is 0 Å². The van der Waals surface area contributed by atoms with Crippen molar-refractivity contribution in [3.05, 3.63) is 65.7 Å². The monoisotopic (exact) mass is 483 g/mol. The van der Waals surface area contributed by atoms with Crippen LogP contribution < -0.4 is 15.4 Å². The Hall–Kier alpha value is -1.80. The number of hydrogen-bond acceptors (Lipinski definition) is 3. The Morgan fingerprint density at radius 2 is 1.89 bits per heavy atom. The van der Waals surface area contributed by atoms with Crippen LogP contribution in [-0.4, -0.2) is 37.8 Å². The summed E-state index contributed by atoms with van der Waals surface area (Å²) in [4.78, 5) is 4.49. The lowest BCUT2D eigenvalue weighted by atomic mass is 10.1. The number of hydrogen-bond donors (Lipinski definition) is 3. The quantitative estimate of drug-likeness (QED) is 0.221. The van der Waals surface area contributed by atoms with E-state index in [0.717, 1.165) is 43.2 Å². The lowest BCUT2D eigenvalue weighted by molar-refractivity contribution is 0.186. The lowest BCUT2D eigenvalue weighted by Crippen LogP contribution is -2.38. The molecular weight excluding hydrogens is 453 g/mol. The van der Waals surface area contributed by atoms with Gasteiger partial charge in [0, 0.05) is 13.1 Å². The SMILES string of the molecule is CCNC(=NCC(O)c1cccc(OC)c1)NCCCc1ccccc1.I. The minimum atomic E-state index is -0.662. The molecule has 3 N–H and O–H groups in total. The Kier molecular flexibility index (Phi) is 11.5. The first-order chi connectivity index (χ1) is 12.7. The highest BCUT2D eigenvalue weighted by Crippen LogP contribution is 2.19. The third kappa shape index (κ3) is 8.62. The van der Waals surface area contributed by atoms with E-state index in [2.05, 4.69) is 39.9 Å². The van der Waals surface area contributed by atoms with Crippen LogP contribution in [0.1, 0.15) is 30.6 Å². The van der Waals surface area contributed by atoms with Crippen molar-refractivity contribution in [3.63, 3.8) is 0 Å². The van der Waals surface area contributed by atoms with Crippen LogP contribution >= 0.6 is 24.0 Å². The first-order valence-corrected chi connectivity index (χ1v) is 9.11. The van der Waals surface area contributed by atoms with Gasteiger partial charge < -0.3 is 20.5 Å². The second-order valence-electron chi connectivity index (χ2n) is 6.03. The normalized spacial score (nSPS) is 12.0. The van der Waals surface area contributed by atoms with Crippen molar-refractivity contribution < 1.29 is 9.84 Å². The van der Waals surface area contributed by atoms with Gasteiger partial charge in [0.15, 0.2) is 5.96 Å². The maximum Gasteiger partial charge on any atom is 0.191 e. The molecule has 0 amide bonds. The van der Waals surface area contributed by atoms with E-state index >= 15 is 0 Å². The first-order valence-electron chi connectivity index (χ1n) is 9.11. The van der Waals surface area contributed by atoms with Crippen molar-refractivity contribution in [1.29, 1.82) is 0 Å². The van der Waals surface area contributed by atoms with Crippen molar-refractivity contribution in [3.8, 4) is 5.75 Å². The van der Waals surface area contributed by atoms with E-state index in [0.29, 0.717) is 6.54 Å². The summed E-state index contributed by atoms with van der Waals surface area (Å²) >= 11 is 0. The second kappa shape index (κ2) is 13.4. The van der Waals surface area contributed by atoms with E-state index < -0.39 is 6.10 Å². The summed E-state index contributed by atoms with van der Waals surface area (Å²) in [6, 6.07) is 17.9. The second-order valence-corrected chi connectivity index (χ2v) is 6.03. The molecule has 1 unspecified atom stereocenters. The molecule has 6 heteroatoms. The van der Waals surface area contributed by atoms with E-state index in [1.54, 1.807) is 7.11 Å². The van der Waals surface area contributed by atoms with Crippen LogP contribution in [0.15, 0.2) is 59.6 Å². The summed E-state index contributed by atoms with van der Waals surface area (Å²) in [5.74, 6) is 1.46. The summed E-state index contributed by atoms with van der Waals surface area (Å²) in [6.07, 6.45) is 1.39. The number of rotatable bonds is 9. The van der Waals surface area contributed by atoms with Gasteiger partial charge in [0.25, 0.3) is 0 Å². The molecule has 2 aromatic rings. The summed E-state index contributed by atoms with van der Waals surface area (Å²) in [5.41, 5.74) is 2.14. The van der Waals surface area contributed by atoms with Crippen molar-refractivity contribution in [1.82, 2.24) is 10.6 Å². The van der Waals surface area contributed by atoms with Gasteiger partial charge >= 0.3 is 0 Å². The first kappa shape index (κ1) is 23.2. The molecular formula is C21H30IN3O2. The van der Waals surface area contributed by atoms with Gasteiger partial charge in [-0.2, -0.15) is 0 Å². The average molecular weight is 483 g/mol. The highest BCUT2D eigenvalue weighted by molar-refractivity contribution is 14.0. The number of aliphatic imine (C=N–C) groups is 1. The van der Waals surface area contributed by atoms with Crippen molar-refractivity contribution in [2.45, 2.75) is 25.9 Å². The molecule has 0 aliphatic heterocycles. The van der Waals surface area contributed by atoms with Crippen LogP contribution in [0.4, 0.5) is 0 Å². The van der Waals surface area contributed by atoms with Gasteiger partial charge in [-0.3, -0.25) is 4.99 Å². The number of aliphatic hydroxyl groups is 1. The number of methoxy groups -OCH3 is 1. The van der Waals surface area contributed by atoms with Crippen LogP contribution in [0.2, 0.25) is 0 Å². The molecule has 27 heavy (non-hydrogen) atoms. The van der Waals surface area contributed by atoms with Gasteiger partial charge in [0.1, 0.15) is 5.75 Å². The summed E-state index contributed by atoms with van der Waals surface area (Å²) < 4.78 is 5.20. The van der Waals surface area contributed by atoms with Crippen LogP contribution in [0, 0.1) is 0 Å². The number of benzene rings is 2. The highest BCUT2D eigenvalue weighted by atomic mass is 127. The molecule has 5 nitrogen and oxygen atoms in total. The lowest BCUT2D eigenvalue weighted by Gasteiger charge is -2.14. The van der Waals surface area contributed by atoms with Gasteiger partial charge in [-0.25, -0.2) is 0 Å². The Morgan fingerprint density at radius 1 is 1.11 bits per heavy atom. The Labute approximate surface area is 179 Å². The number of aliphatic hydroxyl groups excluding tert-OH is 1. The molecule has 0 radical (unpaired) electrons. The molecule has 2 aromatic carbocycles. The topological polar surface area (TPSA) is 65.9 Å². The standard InChI is InChI=1S/C21H29N3O2.HI/c1-3-22-21(23-14-8-11-17-9-5-4-6-10-17)24-16-20(25)18-12-7-13-19(15-18)26-2;/h4-7,9-10,12-13,15,20,25H,3,8,11,14,16H2,1-2H3,(H2,22,23,24);1H. The van der Waals surface area contributed by atoms with Crippen molar-refractivity contribution >= 4 is 29.9 Å². The van der Waals surface area contributed by atoms with E-state index in [1.165, 1.54) is 5.56 Å². The van der Waals surface area contributed by atoms with E-state index in [-0.39, 0.29) is 24.0 Å². The molecule has 0 aliphatic carbocycles. The number of ether oxygens (including phenoxy) is 1. The predicted octanol–water partition coefficient (Wildman–Crippen LogP) is 3.53. The molecule has 0 saturated carbocycles. The molecule has 0 bridgehead atoms. The third-order valence-electron chi connectivity index (χ3n) is 4.02. The van der Waals surface area contributed by atoms with Gasteiger partial charge in [-0.15, -0.1) is 24.0 Å². The van der Waals surface area contributed by atoms with Crippen molar-refractivity contribution in [2.75, 3.05) is 26.7 Å². The van der Waals surface area contributed by atoms with E-state index in [9.17, 15) is 5.11 Å². The maximum atomic E-state index is 10.4. The van der Waals surface area contributed by atoms with Crippen LogP contribution in [-0.2, 0) is 6.42 Å². The molecule has 0 heterocycles. The average Bonchev–Trinajstić information content (AvgIpc) is 2.69. The Bertz CT molecular complexity index is 680. The minimum Gasteiger partial charge on any atom is -0.497 e. The summed E-state index contributed by atoms with van der Waals surface area (Å²) in [6.45, 7) is 3.93. The smallest absolute Gasteiger partial charge is 0.191 e. The number of aryl methyl sites for hydroxylation is 1. The molecule has 0 aliphatic rings. The molecule has 148 valence electrons. The zero-order valence-corrected chi connectivity index (χ0v) is 18.4. The fourth-order valence-corrected chi connectivity index (χ4v) is 2.62. The largest absolute Gasteiger partial charge is 0.497 e. The van der Waals surface area contributed by atoms with Gasteiger partial charge in [0.05, 0.1) is 19.8 Å². The molecule has 1 atom stereocenters. The fourth-order valence-electron chi connectivity index (χ4n) is 2.62. The molecule has 0 fully saturated rings. The molecule has 0 spiro atoms. The molecule has 0 aromatic heterocycles. The number of halogens is 1. The zero-order chi connectivity index (χ0) is 18.6. The Morgan fingerprint density at radius 3 is 2.59 bits per heavy atom. The third-order valence-corrected chi connectivity index (χ3v) is 4.02.